The molecule has 1 amide bonds. The molecule has 0 saturated carbocycles. The summed E-state index contributed by atoms with van der Waals surface area (Å²) in [5.74, 6) is 0.224. The fourth-order valence-electron chi connectivity index (χ4n) is 2.73. The van der Waals surface area contributed by atoms with Gasteiger partial charge in [0.05, 0.1) is 5.69 Å². The van der Waals surface area contributed by atoms with Gasteiger partial charge in [-0.3, -0.25) is 4.79 Å². The minimum absolute atomic E-state index is 0.104. The summed E-state index contributed by atoms with van der Waals surface area (Å²) in [6.45, 7) is 3.04. The molecule has 2 N–H and O–H groups in total. The predicted octanol–water partition coefficient (Wildman–Crippen LogP) is 2.20. The van der Waals surface area contributed by atoms with Gasteiger partial charge in [-0.15, -0.1) is 0 Å². The second-order valence-electron chi connectivity index (χ2n) is 5.56. The maximum absolute atomic E-state index is 12.3. The first-order valence-corrected chi connectivity index (χ1v) is 7.37. The highest BCUT2D eigenvalue weighted by Gasteiger charge is 2.24. The van der Waals surface area contributed by atoms with Crippen molar-refractivity contribution in [3.63, 3.8) is 0 Å². The lowest BCUT2D eigenvalue weighted by Crippen LogP contribution is -2.40. The maximum atomic E-state index is 12.3. The molecule has 1 aromatic carbocycles. The Morgan fingerprint density at radius 2 is 2.19 bits per heavy atom. The first kappa shape index (κ1) is 13.8. The lowest BCUT2D eigenvalue weighted by atomic mass is 9.92. The van der Waals surface area contributed by atoms with Crippen molar-refractivity contribution in [1.29, 1.82) is 0 Å². The zero-order chi connectivity index (χ0) is 14.7. The van der Waals surface area contributed by atoms with Crippen LogP contribution in [0, 0.1) is 5.92 Å². The molecular formula is C16H20N4O. The summed E-state index contributed by atoms with van der Waals surface area (Å²) >= 11 is 0. The summed E-state index contributed by atoms with van der Waals surface area (Å²) < 4.78 is 1.79. The number of hydrogen-bond acceptors (Lipinski definition) is 3. The second-order valence-corrected chi connectivity index (χ2v) is 5.56. The molecule has 2 heterocycles. The number of nitrogens with zero attached hydrogens (tertiary/aromatic N) is 2. The van der Waals surface area contributed by atoms with Crippen molar-refractivity contribution in [2.75, 3.05) is 11.9 Å². The van der Waals surface area contributed by atoms with Gasteiger partial charge >= 0.3 is 0 Å². The third kappa shape index (κ3) is 3.31. The summed E-state index contributed by atoms with van der Waals surface area (Å²) in [6.07, 6.45) is 5.44. The van der Waals surface area contributed by atoms with Crippen molar-refractivity contribution in [3.8, 4) is 5.69 Å². The molecule has 2 aromatic rings. The number of piperidine rings is 1. The van der Waals surface area contributed by atoms with Crippen LogP contribution in [-0.2, 0) is 4.79 Å². The van der Waals surface area contributed by atoms with Gasteiger partial charge in [0.15, 0.2) is 0 Å². The van der Waals surface area contributed by atoms with Gasteiger partial charge in [0, 0.05) is 30.0 Å². The highest BCUT2D eigenvalue weighted by Crippen LogP contribution is 2.19. The maximum Gasteiger partial charge on any atom is 0.227 e. The third-order valence-corrected chi connectivity index (χ3v) is 3.90. The van der Waals surface area contributed by atoms with Crippen molar-refractivity contribution in [1.82, 2.24) is 15.1 Å². The van der Waals surface area contributed by atoms with Crippen LogP contribution >= 0.6 is 0 Å². The highest BCUT2D eigenvalue weighted by molar-refractivity contribution is 5.92. The van der Waals surface area contributed by atoms with E-state index in [0.717, 1.165) is 30.8 Å². The van der Waals surface area contributed by atoms with Crippen LogP contribution in [0.25, 0.3) is 5.69 Å². The molecule has 21 heavy (non-hydrogen) atoms. The molecule has 1 aliphatic heterocycles. The number of aromatic nitrogens is 2. The van der Waals surface area contributed by atoms with E-state index in [2.05, 4.69) is 22.7 Å². The molecule has 0 bridgehead atoms. The zero-order valence-electron chi connectivity index (χ0n) is 12.1. The van der Waals surface area contributed by atoms with Gasteiger partial charge in [-0.2, -0.15) is 5.10 Å². The molecule has 5 nitrogen and oxygen atoms in total. The Morgan fingerprint density at radius 1 is 1.38 bits per heavy atom. The Bertz CT molecular complexity index is 591. The number of amides is 1. The number of benzene rings is 1. The monoisotopic (exact) mass is 284 g/mol. The van der Waals surface area contributed by atoms with Crippen LogP contribution in [0.2, 0.25) is 0 Å². The fourth-order valence-corrected chi connectivity index (χ4v) is 2.73. The van der Waals surface area contributed by atoms with E-state index >= 15 is 0 Å². The largest absolute Gasteiger partial charge is 0.326 e. The van der Waals surface area contributed by atoms with Gasteiger partial charge in [-0.1, -0.05) is 0 Å². The zero-order valence-corrected chi connectivity index (χ0v) is 12.1. The Labute approximate surface area is 124 Å². The van der Waals surface area contributed by atoms with Gasteiger partial charge in [-0.25, -0.2) is 4.68 Å². The molecule has 0 aliphatic carbocycles. The van der Waals surface area contributed by atoms with Gasteiger partial charge in [0.1, 0.15) is 0 Å². The molecule has 1 saturated heterocycles. The minimum atomic E-state index is 0.104. The van der Waals surface area contributed by atoms with E-state index in [1.165, 1.54) is 0 Å². The molecule has 0 unspecified atom stereocenters. The average Bonchev–Trinajstić information content (AvgIpc) is 3.02. The SMILES string of the molecule is C[C@H]1C[C@@H](C(=O)Nc2ccc(-n3cccn3)cc2)CCN1. The first-order valence-electron chi connectivity index (χ1n) is 7.37. The van der Waals surface area contributed by atoms with Crippen LogP contribution in [0.15, 0.2) is 42.7 Å². The molecule has 3 rings (SSSR count). The van der Waals surface area contributed by atoms with Gasteiger partial charge in [-0.05, 0) is 56.6 Å². The van der Waals surface area contributed by atoms with E-state index in [1.807, 2.05) is 36.5 Å². The molecule has 0 spiro atoms. The minimum Gasteiger partial charge on any atom is -0.326 e. The number of carbonyl (C=O) groups excluding carboxylic acids is 1. The Balaban J connectivity index is 1.63. The van der Waals surface area contributed by atoms with Crippen molar-refractivity contribution in [2.24, 2.45) is 5.92 Å². The van der Waals surface area contributed by atoms with Gasteiger partial charge in [0.25, 0.3) is 0 Å². The van der Waals surface area contributed by atoms with Crippen LogP contribution in [0.5, 0.6) is 0 Å². The molecular weight excluding hydrogens is 264 g/mol. The van der Waals surface area contributed by atoms with E-state index in [9.17, 15) is 4.79 Å². The Hall–Kier alpha value is -2.14. The first-order chi connectivity index (χ1) is 10.2. The number of carbonyl (C=O) groups is 1. The van der Waals surface area contributed by atoms with E-state index in [4.69, 9.17) is 0 Å². The fraction of sp³-hybridized carbons (Fsp3) is 0.375. The van der Waals surface area contributed by atoms with Crippen LogP contribution in [0.1, 0.15) is 19.8 Å². The summed E-state index contributed by atoms with van der Waals surface area (Å²) in [6, 6.07) is 10.0. The van der Waals surface area contributed by atoms with E-state index in [1.54, 1.807) is 10.9 Å². The van der Waals surface area contributed by atoms with Crippen molar-refractivity contribution >= 4 is 11.6 Å². The quantitative estimate of drug-likeness (QED) is 0.908. The molecule has 0 radical (unpaired) electrons. The van der Waals surface area contributed by atoms with Crippen LogP contribution in [-0.4, -0.2) is 28.3 Å². The second kappa shape index (κ2) is 6.10. The average molecular weight is 284 g/mol. The topological polar surface area (TPSA) is 59.0 Å². The highest BCUT2D eigenvalue weighted by atomic mass is 16.1. The van der Waals surface area contributed by atoms with Gasteiger partial charge < -0.3 is 10.6 Å². The summed E-state index contributed by atoms with van der Waals surface area (Å²) in [5.41, 5.74) is 1.82. The lowest BCUT2D eigenvalue weighted by molar-refractivity contribution is -0.120. The van der Waals surface area contributed by atoms with E-state index in [0.29, 0.717) is 6.04 Å². The molecule has 5 heteroatoms. The molecule has 2 atom stereocenters. The summed E-state index contributed by atoms with van der Waals surface area (Å²) in [7, 11) is 0. The van der Waals surface area contributed by atoms with Gasteiger partial charge in [0.2, 0.25) is 5.91 Å². The summed E-state index contributed by atoms with van der Waals surface area (Å²) in [5, 5.41) is 10.6. The molecule has 1 aromatic heterocycles. The lowest BCUT2D eigenvalue weighted by Gasteiger charge is -2.27. The number of hydrogen-bond donors (Lipinski definition) is 2. The standard InChI is InChI=1S/C16H20N4O/c1-12-11-13(7-9-17-12)16(21)19-14-3-5-15(6-4-14)20-10-2-8-18-20/h2-6,8,10,12-13,17H,7,9,11H2,1H3,(H,19,21)/t12-,13-/m0/s1. The van der Waals surface area contributed by atoms with Crippen LogP contribution in [0.4, 0.5) is 5.69 Å². The van der Waals surface area contributed by atoms with E-state index in [-0.39, 0.29) is 11.8 Å². The number of anilines is 1. The Morgan fingerprint density at radius 3 is 2.86 bits per heavy atom. The molecule has 1 aliphatic rings. The Kier molecular flexibility index (Phi) is 4.01. The summed E-state index contributed by atoms with van der Waals surface area (Å²) in [4.78, 5) is 12.3. The number of rotatable bonds is 3. The van der Waals surface area contributed by atoms with Crippen molar-refractivity contribution in [2.45, 2.75) is 25.8 Å². The normalized spacial score (nSPS) is 22.0. The predicted molar refractivity (Wildman–Crippen MR) is 82.4 cm³/mol. The van der Waals surface area contributed by atoms with E-state index < -0.39 is 0 Å². The molecule has 1 fully saturated rings. The molecule has 110 valence electrons. The van der Waals surface area contributed by atoms with Crippen molar-refractivity contribution < 1.29 is 4.79 Å². The smallest absolute Gasteiger partial charge is 0.227 e. The number of nitrogens with one attached hydrogen (secondary N) is 2. The third-order valence-electron chi connectivity index (χ3n) is 3.90. The van der Waals surface area contributed by atoms with Crippen LogP contribution < -0.4 is 10.6 Å². The van der Waals surface area contributed by atoms with Crippen molar-refractivity contribution in [3.05, 3.63) is 42.7 Å². The van der Waals surface area contributed by atoms with Crippen LogP contribution in [0.3, 0.4) is 0 Å².